The fourth-order valence-corrected chi connectivity index (χ4v) is 6.09. The molecule has 1 aliphatic heterocycles. The Hall–Kier alpha value is -3.46. The molecule has 8 nitrogen and oxygen atoms in total. The lowest BCUT2D eigenvalue weighted by atomic mass is 9.91. The van der Waals surface area contributed by atoms with Crippen LogP contribution in [0.2, 0.25) is 0 Å². The van der Waals surface area contributed by atoms with Crippen LogP contribution in [-0.4, -0.2) is 38.1 Å². The van der Waals surface area contributed by atoms with Crippen molar-refractivity contribution in [1.29, 1.82) is 0 Å². The number of pyridine rings is 1. The molecule has 0 atom stereocenters. The van der Waals surface area contributed by atoms with Gasteiger partial charge >= 0.3 is 11.9 Å². The van der Waals surface area contributed by atoms with E-state index in [4.69, 9.17) is 9.47 Å². The van der Waals surface area contributed by atoms with Crippen molar-refractivity contribution in [2.45, 2.75) is 48.9 Å². The van der Waals surface area contributed by atoms with Crippen LogP contribution in [0.25, 0.3) is 10.9 Å². The predicted octanol–water partition coefficient (Wildman–Crippen LogP) is 2.99. The number of benzene rings is 2. The second-order valence-corrected chi connectivity index (χ2v) is 9.76. The van der Waals surface area contributed by atoms with E-state index in [9.17, 15) is 22.8 Å². The van der Waals surface area contributed by atoms with E-state index in [-0.39, 0.29) is 23.7 Å². The molecule has 0 bridgehead atoms. The molecular formula is C25H25NO7S. The number of aromatic nitrogens is 1. The monoisotopic (exact) mass is 483 g/mol. The molecule has 0 aliphatic carbocycles. The maximum atomic E-state index is 13.8. The number of hydrogen-bond donors (Lipinski definition) is 0. The molecule has 178 valence electrons. The van der Waals surface area contributed by atoms with E-state index >= 15 is 0 Å². The zero-order valence-corrected chi connectivity index (χ0v) is 19.8. The molecule has 1 aromatic heterocycles. The first-order chi connectivity index (χ1) is 16.3. The van der Waals surface area contributed by atoms with E-state index < -0.39 is 38.1 Å². The van der Waals surface area contributed by atoms with Gasteiger partial charge in [-0.15, -0.1) is 0 Å². The van der Waals surface area contributed by atoms with E-state index in [1.807, 2.05) is 6.07 Å². The summed E-state index contributed by atoms with van der Waals surface area (Å²) in [6.07, 6.45) is 1.35. The molecule has 0 radical (unpaired) electrons. The lowest BCUT2D eigenvalue weighted by Crippen LogP contribution is -2.35. The highest BCUT2D eigenvalue weighted by Gasteiger charge is 2.41. The number of ether oxygens (including phenoxy) is 2. The summed E-state index contributed by atoms with van der Waals surface area (Å²) in [5.74, 6) is -3.66. The quantitative estimate of drug-likeness (QED) is 0.375. The van der Waals surface area contributed by atoms with Crippen molar-refractivity contribution in [1.82, 2.24) is 4.57 Å². The average Bonchev–Trinajstić information content (AvgIpc) is 2.83. The van der Waals surface area contributed by atoms with Crippen molar-refractivity contribution in [2.24, 2.45) is 0 Å². The van der Waals surface area contributed by atoms with Gasteiger partial charge < -0.3 is 14.0 Å². The van der Waals surface area contributed by atoms with Crippen LogP contribution in [0.5, 0.6) is 0 Å². The van der Waals surface area contributed by atoms with Crippen molar-refractivity contribution in [3.63, 3.8) is 0 Å². The molecular weight excluding hydrogens is 458 g/mol. The summed E-state index contributed by atoms with van der Waals surface area (Å²) in [6.45, 7) is 3.42. The first kappa shape index (κ1) is 23.7. The van der Waals surface area contributed by atoms with Crippen molar-refractivity contribution in [3.8, 4) is 0 Å². The molecule has 2 aromatic carbocycles. The van der Waals surface area contributed by atoms with Gasteiger partial charge in [0.1, 0.15) is 4.90 Å². The molecule has 9 heteroatoms. The highest BCUT2D eigenvalue weighted by molar-refractivity contribution is 7.91. The van der Waals surface area contributed by atoms with E-state index in [2.05, 4.69) is 0 Å². The number of carbonyl (C=O) groups is 2. The van der Waals surface area contributed by atoms with Gasteiger partial charge in [0.2, 0.25) is 9.84 Å². The Morgan fingerprint density at radius 3 is 2.24 bits per heavy atom. The van der Waals surface area contributed by atoms with Gasteiger partial charge in [-0.05, 0) is 44.4 Å². The summed E-state index contributed by atoms with van der Waals surface area (Å²) < 4.78 is 39.4. The Morgan fingerprint density at radius 1 is 0.971 bits per heavy atom. The standard InChI is InChI=1S/C25H25NO7S/c1-3-32-24(28)20(25(29)33-4-2)19-18-14-8-10-16-11-9-15-26(21(16)18)23(27)22(19)34(30,31)17-12-6-5-7-13-17/h5-8,10,12-14,20H,3-4,9,11,15H2,1-2H3. The first-order valence-corrected chi connectivity index (χ1v) is 12.6. The number of carbonyl (C=O) groups excluding carboxylic acids is 2. The molecule has 1 aliphatic rings. The number of rotatable bonds is 7. The van der Waals surface area contributed by atoms with Crippen molar-refractivity contribution >= 4 is 32.7 Å². The van der Waals surface area contributed by atoms with Gasteiger partial charge in [-0.3, -0.25) is 14.4 Å². The van der Waals surface area contributed by atoms with Crippen molar-refractivity contribution in [3.05, 3.63) is 70.0 Å². The van der Waals surface area contributed by atoms with Gasteiger partial charge in [0.05, 0.1) is 23.6 Å². The number of hydrogen-bond acceptors (Lipinski definition) is 7. The molecule has 0 amide bonds. The van der Waals surface area contributed by atoms with Crippen LogP contribution >= 0.6 is 0 Å². The molecule has 4 rings (SSSR count). The number of aryl methyl sites for hydroxylation is 2. The van der Waals surface area contributed by atoms with Gasteiger partial charge in [0.15, 0.2) is 5.92 Å². The van der Waals surface area contributed by atoms with Gasteiger partial charge in [0, 0.05) is 17.5 Å². The van der Waals surface area contributed by atoms with Gasteiger partial charge in [-0.25, -0.2) is 8.42 Å². The molecule has 0 N–H and O–H groups in total. The fraction of sp³-hybridized carbons (Fsp3) is 0.320. The topological polar surface area (TPSA) is 109 Å². The highest BCUT2D eigenvalue weighted by Crippen LogP contribution is 2.37. The Bertz CT molecular complexity index is 1410. The predicted molar refractivity (Wildman–Crippen MR) is 124 cm³/mol. The summed E-state index contributed by atoms with van der Waals surface area (Å²) in [5, 5.41) is 0.345. The number of esters is 2. The minimum absolute atomic E-state index is 0.0320. The zero-order chi connectivity index (χ0) is 24.5. The summed E-state index contributed by atoms with van der Waals surface area (Å²) in [5.41, 5.74) is 0.412. The van der Waals surface area contributed by atoms with E-state index in [0.717, 1.165) is 5.56 Å². The molecule has 0 saturated carbocycles. The third-order valence-electron chi connectivity index (χ3n) is 5.85. The van der Waals surface area contributed by atoms with Gasteiger partial charge in [0.25, 0.3) is 5.56 Å². The number of sulfone groups is 1. The smallest absolute Gasteiger partial charge is 0.324 e. The maximum Gasteiger partial charge on any atom is 0.324 e. The fourth-order valence-electron chi connectivity index (χ4n) is 4.48. The van der Waals surface area contributed by atoms with Gasteiger partial charge in [-0.2, -0.15) is 0 Å². The molecule has 3 aromatic rings. The second-order valence-electron chi connectivity index (χ2n) is 7.87. The summed E-state index contributed by atoms with van der Waals surface area (Å²) >= 11 is 0. The SMILES string of the molecule is CCOC(=O)C(C(=O)OCC)c1c(S(=O)(=O)c2ccccc2)c(=O)n2c3c(cccc13)CCC2. The van der Waals surface area contributed by atoms with Crippen LogP contribution in [0, 0.1) is 0 Å². The maximum absolute atomic E-state index is 13.8. The Balaban J connectivity index is 2.18. The molecule has 0 saturated heterocycles. The normalized spacial score (nSPS) is 13.1. The highest BCUT2D eigenvalue weighted by atomic mass is 32.2. The summed E-state index contributed by atoms with van der Waals surface area (Å²) in [4.78, 5) is 39.2. The largest absolute Gasteiger partial charge is 0.465 e. The van der Waals surface area contributed by atoms with E-state index in [0.29, 0.717) is 30.3 Å². The minimum atomic E-state index is -4.40. The molecule has 2 heterocycles. The Kier molecular flexibility index (Phi) is 6.56. The number of para-hydroxylation sites is 1. The first-order valence-electron chi connectivity index (χ1n) is 11.1. The van der Waals surface area contributed by atoms with Crippen LogP contribution < -0.4 is 5.56 Å². The van der Waals surface area contributed by atoms with E-state index in [1.54, 1.807) is 44.2 Å². The summed E-state index contributed by atoms with van der Waals surface area (Å²) in [6, 6.07) is 12.7. The Labute approximate surface area is 197 Å². The minimum Gasteiger partial charge on any atom is -0.465 e. The van der Waals surface area contributed by atoms with Crippen LogP contribution in [0.3, 0.4) is 0 Å². The lowest BCUT2D eigenvalue weighted by Gasteiger charge is -2.25. The lowest BCUT2D eigenvalue weighted by molar-refractivity contribution is -0.157. The third-order valence-corrected chi connectivity index (χ3v) is 7.67. The van der Waals surface area contributed by atoms with Crippen molar-refractivity contribution < 1.29 is 27.5 Å². The van der Waals surface area contributed by atoms with Crippen LogP contribution in [0.4, 0.5) is 0 Å². The van der Waals surface area contributed by atoms with E-state index in [1.165, 1.54) is 16.7 Å². The average molecular weight is 484 g/mol. The molecule has 0 fully saturated rings. The van der Waals surface area contributed by atoms with Crippen molar-refractivity contribution in [2.75, 3.05) is 13.2 Å². The Morgan fingerprint density at radius 2 is 1.62 bits per heavy atom. The van der Waals surface area contributed by atoms with Crippen LogP contribution in [0.15, 0.2) is 63.1 Å². The number of nitrogens with zero attached hydrogens (tertiary/aromatic N) is 1. The molecule has 0 unspecified atom stereocenters. The van der Waals surface area contributed by atoms with Gasteiger partial charge in [-0.1, -0.05) is 36.4 Å². The zero-order valence-electron chi connectivity index (χ0n) is 18.9. The van der Waals surface area contributed by atoms with Crippen LogP contribution in [0.1, 0.15) is 37.3 Å². The second kappa shape index (κ2) is 9.42. The molecule has 0 spiro atoms. The third kappa shape index (κ3) is 3.90. The summed E-state index contributed by atoms with van der Waals surface area (Å²) in [7, 11) is -4.40. The van der Waals surface area contributed by atoms with Crippen LogP contribution in [-0.2, 0) is 41.9 Å². The molecule has 34 heavy (non-hydrogen) atoms.